The summed E-state index contributed by atoms with van der Waals surface area (Å²) >= 11 is 0. The van der Waals surface area contributed by atoms with Crippen molar-refractivity contribution in [2.45, 2.75) is 25.7 Å². The van der Waals surface area contributed by atoms with E-state index in [9.17, 15) is 0 Å². The zero-order valence-electron chi connectivity index (χ0n) is 11.9. The average molecular weight is 277 g/mol. The fourth-order valence-electron chi connectivity index (χ4n) is 2.27. The van der Waals surface area contributed by atoms with Crippen LogP contribution >= 0.6 is 0 Å². The van der Waals surface area contributed by atoms with Crippen LogP contribution in [0.5, 0.6) is 5.88 Å². The van der Waals surface area contributed by atoms with Crippen LogP contribution in [-0.2, 0) is 9.47 Å². The minimum absolute atomic E-state index is 0.0970. The normalized spacial score (nSPS) is 21.2. The summed E-state index contributed by atoms with van der Waals surface area (Å²) in [5.41, 5.74) is 0.943. The van der Waals surface area contributed by atoms with Crippen molar-refractivity contribution in [3.05, 3.63) is 24.5 Å². The van der Waals surface area contributed by atoms with E-state index in [-0.39, 0.29) is 6.04 Å². The van der Waals surface area contributed by atoms with Crippen LogP contribution in [0.4, 0.5) is 11.5 Å². The molecule has 0 aliphatic carbocycles. The maximum Gasteiger partial charge on any atom is 0.215 e. The highest BCUT2D eigenvalue weighted by atomic mass is 16.7. The van der Waals surface area contributed by atoms with Gasteiger partial charge >= 0.3 is 0 Å². The van der Waals surface area contributed by atoms with Crippen molar-refractivity contribution in [3.63, 3.8) is 0 Å². The molecule has 0 amide bonds. The number of pyridine rings is 1. The lowest BCUT2D eigenvalue weighted by molar-refractivity contribution is -0.249. The van der Waals surface area contributed by atoms with Crippen LogP contribution in [0.15, 0.2) is 24.5 Å². The summed E-state index contributed by atoms with van der Waals surface area (Å²) in [6.45, 7) is 5.03. The van der Waals surface area contributed by atoms with Crippen LogP contribution in [0, 0.1) is 0 Å². The van der Waals surface area contributed by atoms with Crippen molar-refractivity contribution in [2.75, 3.05) is 30.5 Å². The van der Waals surface area contributed by atoms with Crippen molar-refractivity contribution in [3.8, 4) is 5.88 Å². The lowest BCUT2D eigenvalue weighted by Crippen LogP contribution is -2.49. The number of nitrogens with zero attached hydrogens (tertiary/aromatic N) is 2. The number of anilines is 2. The van der Waals surface area contributed by atoms with Gasteiger partial charge < -0.3 is 24.4 Å². The van der Waals surface area contributed by atoms with E-state index >= 15 is 0 Å². The van der Waals surface area contributed by atoms with Gasteiger partial charge in [0.1, 0.15) is 0 Å². The summed E-state index contributed by atoms with van der Waals surface area (Å²) in [6, 6.07) is 3.88. The first kappa shape index (κ1) is 13.2. The molecule has 3 rings (SSSR count). The minimum atomic E-state index is -0.515. The second kappa shape index (κ2) is 4.96. The number of nitrogens with one attached hydrogen (secondary N) is 1. The number of hydrogen-bond acceptors (Lipinski definition) is 6. The molecule has 20 heavy (non-hydrogen) atoms. The Bertz CT molecular complexity index is 520. The molecule has 1 saturated heterocycles. The van der Waals surface area contributed by atoms with E-state index in [1.807, 2.05) is 38.4 Å². The molecule has 6 heteroatoms. The quantitative estimate of drug-likeness (QED) is 0.891. The second-order valence-electron chi connectivity index (χ2n) is 5.27. The smallest absolute Gasteiger partial charge is 0.215 e. The Kier molecular flexibility index (Phi) is 3.27. The van der Waals surface area contributed by atoms with Crippen LogP contribution in [0.2, 0.25) is 0 Å². The fraction of sp³-hybridized carbons (Fsp3) is 0.500. The highest BCUT2D eigenvalue weighted by Gasteiger charge is 2.33. The predicted octanol–water partition coefficient (Wildman–Crippen LogP) is 1.94. The van der Waals surface area contributed by atoms with Gasteiger partial charge in [-0.3, -0.25) is 0 Å². The third-order valence-electron chi connectivity index (χ3n) is 3.42. The van der Waals surface area contributed by atoms with Crippen LogP contribution in [0.1, 0.15) is 13.8 Å². The second-order valence-corrected chi connectivity index (χ2v) is 5.27. The lowest BCUT2D eigenvalue weighted by atomic mass is 10.2. The van der Waals surface area contributed by atoms with Gasteiger partial charge in [0.2, 0.25) is 5.88 Å². The molecule has 2 aliphatic heterocycles. The number of rotatable bonds is 2. The molecule has 0 bridgehead atoms. The van der Waals surface area contributed by atoms with Gasteiger partial charge in [0.15, 0.2) is 11.6 Å². The molecular formula is C14H19N3O3. The number of ether oxygens (including phenoxy) is 3. The van der Waals surface area contributed by atoms with Crippen LogP contribution in [0.25, 0.3) is 0 Å². The topological polar surface area (TPSA) is 55.9 Å². The SMILES string of the molecule is COc1ccc2c(n1)N(C1COC(C)(C)OC1)C=CN2. The van der Waals surface area contributed by atoms with E-state index in [1.165, 1.54) is 0 Å². The summed E-state index contributed by atoms with van der Waals surface area (Å²) in [6.07, 6.45) is 3.83. The molecular weight excluding hydrogens is 258 g/mol. The molecule has 3 heterocycles. The molecule has 0 aromatic carbocycles. The summed E-state index contributed by atoms with van der Waals surface area (Å²) in [5, 5.41) is 3.18. The largest absolute Gasteiger partial charge is 0.481 e. The molecule has 0 saturated carbocycles. The van der Waals surface area contributed by atoms with Gasteiger partial charge in [-0.1, -0.05) is 0 Å². The van der Waals surface area contributed by atoms with Gasteiger partial charge in [-0.15, -0.1) is 0 Å². The number of aromatic nitrogens is 1. The monoisotopic (exact) mass is 277 g/mol. The zero-order valence-corrected chi connectivity index (χ0v) is 11.9. The van der Waals surface area contributed by atoms with Crippen molar-refractivity contribution in [1.29, 1.82) is 0 Å². The first-order valence-electron chi connectivity index (χ1n) is 6.63. The highest BCUT2D eigenvalue weighted by Crippen LogP contribution is 2.32. The Morgan fingerprint density at radius 3 is 2.80 bits per heavy atom. The van der Waals surface area contributed by atoms with E-state index in [4.69, 9.17) is 14.2 Å². The van der Waals surface area contributed by atoms with Crippen molar-refractivity contribution in [2.24, 2.45) is 0 Å². The third-order valence-corrected chi connectivity index (χ3v) is 3.42. The van der Waals surface area contributed by atoms with E-state index in [1.54, 1.807) is 7.11 Å². The van der Waals surface area contributed by atoms with Crippen LogP contribution < -0.4 is 15.0 Å². The van der Waals surface area contributed by atoms with E-state index < -0.39 is 5.79 Å². The van der Waals surface area contributed by atoms with Gasteiger partial charge in [0, 0.05) is 18.5 Å². The van der Waals surface area contributed by atoms with E-state index in [0.717, 1.165) is 11.5 Å². The average Bonchev–Trinajstić information content (AvgIpc) is 2.46. The molecule has 1 aromatic rings. The maximum absolute atomic E-state index is 5.73. The molecule has 1 aromatic heterocycles. The van der Waals surface area contributed by atoms with Gasteiger partial charge in [0.05, 0.1) is 32.1 Å². The Hall–Kier alpha value is -1.79. The van der Waals surface area contributed by atoms with Gasteiger partial charge in [-0.05, 0) is 19.9 Å². The number of fused-ring (bicyclic) bond motifs is 1. The van der Waals surface area contributed by atoms with E-state index in [2.05, 4.69) is 15.2 Å². The maximum atomic E-state index is 5.73. The molecule has 2 aliphatic rings. The summed E-state index contributed by atoms with van der Waals surface area (Å²) in [5.74, 6) is 0.895. The van der Waals surface area contributed by atoms with Crippen molar-refractivity contribution >= 4 is 11.5 Å². The summed E-state index contributed by atoms with van der Waals surface area (Å²) < 4.78 is 16.6. The van der Waals surface area contributed by atoms with Crippen molar-refractivity contribution in [1.82, 2.24) is 4.98 Å². The molecule has 0 unspecified atom stereocenters. The predicted molar refractivity (Wildman–Crippen MR) is 75.8 cm³/mol. The first-order chi connectivity index (χ1) is 9.59. The fourth-order valence-corrected chi connectivity index (χ4v) is 2.27. The third kappa shape index (κ3) is 2.44. The number of methoxy groups -OCH3 is 1. The van der Waals surface area contributed by atoms with Gasteiger partial charge in [-0.2, -0.15) is 4.98 Å². The minimum Gasteiger partial charge on any atom is -0.481 e. The standard InChI is InChI=1S/C14H19N3O3/c1-14(2)19-8-10(9-20-14)17-7-6-15-11-4-5-12(18-3)16-13(11)17/h4-7,10,15H,8-9H2,1-3H3. The molecule has 0 radical (unpaired) electrons. The van der Waals surface area contributed by atoms with Gasteiger partial charge in [0.25, 0.3) is 0 Å². The Labute approximate surface area is 118 Å². The van der Waals surface area contributed by atoms with Gasteiger partial charge in [-0.25, -0.2) is 0 Å². The Morgan fingerprint density at radius 2 is 2.10 bits per heavy atom. The molecule has 108 valence electrons. The van der Waals surface area contributed by atoms with E-state index in [0.29, 0.717) is 19.1 Å². The molecule has 1 fully saturated rings. The summed E-state index contributed by atoms with van der Waals surface area (Å²) in [7, 11) is 1.61. The van der Waals surface area contributed by atoms with Crippen LogP contribution in [-0.4, -0.2) is 37.1 Å². The number of hydrogen-bond donors (Lipinski definition) is 1. The zero-order chi connectivity index (χ0) is 14.2. The van der Waals surface area contributed by atoms with Crippen LogP contribution in [0.3, 0.4) is 0 Å². The summed E-state index contributed by atoms with van der Waals surface area (Å²) in [4.78, 5) is 6.56. The highest BCUT2D eigenvalue weighted by molar-refractivity contribution is 5.71. The van der Waals surface area contributed by atoms with Crippen molar-refractivity contribution < 1.29 is 14.2 Å². The molecule has 0 spiro atoms. The Morgan fingerprint density at radius 1 is 1.35 bits per heavy atom. The molecule has 1 N–H and O–H groups in total. The molecule has 6 nitrogen and oxygen atoms in total. The molecule has 0 atom stereocenters. The lowest BCUT2D eigenvalue weighted by Gasteiger charge is -2.40. The Balaban J connectivity index is 1.85. The first-order valence-corrected chi connectivity index (χ1v) is 6.63.